The van der Waals surface area contributed by atoms with Gasteiger partial charge in [0.25, 0.3) is 0 Å². The van der Waals surface area contributed by atoms with Crippen LogP contribution >= 0.6 is 0 Å². The minimum atomic E-state index is 0.893. The van der Waals surface area contributed by atoms with Gasteiger partial charge in [-0.25, -0.2) is 0 Å². The molecule has 0 atom stereocenters. The van der Waals surface area contributed by atoms with E-state index < -0.39 is 0 Å². The van der Waals surface area contributed by atoms with Crippen molar-refractivity contribution in [1.29, 1.82) is 0 Å². The first-order valence-corrected chi connectivity index (χ1v) is 7.54. The lowest BCUT2D eigenvalue weighted by molar-refractivity contribution is 1.29. The molecule has 0 amide bonds. The van der Waals surface area contributed by atoms with Crippen LogP contribution in [0.25, 0.3) is 33.4 Å². The third-order valence-electron chi connectivity index (χ3n) is 3.88. The molecule has 0 aliphatic heterocycles. The Labute approximate surface area is 134 Å². The standard InChI is InChI=1S/C20H15N3/c1-14-4-2-5-16(12-14)20-17(6-3-9-23-20)15-7-8-18-19(13-15)22-11-10-21-18/h2-13H,1H3. The summed E-state index contributed by atoms with van der Waals surface area (Å²) in [5.74, 6) is 0. The van der Waals surface area contributed by atoms with E-state index in [1.807, 2.05) is 18.3 Å². The van der Waals surface area contributed by atoms with Crippen LogP contribution in [0, 0.1) is 6.92 Å². The summed E-state index contributed by atoms with van der Waals surface area (Å²) in [5.41, 5.74) is 7.33. The van der Waals surface area contributed by atoms with Crippen LogP contribution in [-0.4, -0.2) is 15.0 Å². The predicted octanol–water partition coefficient (Wildman–Crippen LogP) is 4.67. The lowest BCUT2D eigenvalue weighted by Crippen LogP contribution is -1.90. The summed E-state index contributed by atoms with van der Waals surface area (Å²) in [6.45, 7) is 2.09. The molecule has 0 N–H and O–H groups in total. The quantitative estimate of drug-likeness (QED) is 0.540. The van der Waals surface area contributed by atoms with E-state index in [0.29, 0.717) is 0 Å². The van der Waals surface area contributed by atoms with Crippen LogP contribution in [0.5, 0.6) is 0 Å². The summed E-state index contributed by atoms with van der Waals surface area (Å²) in [6, 6.07) is 18.6. The Morgan fingerprint density at radius 3 is 2.39 bits per heavy atom. The van der Waals surface area contributed by atoms with Crippen molar-refractivity contribution in [1.82, 2.24) is 15.0 Å². The maximum absolute atomic E-state index is 4.61. The van der Waals surface area contributed by atoms with Gasteiger partial charge >= 0.3 is 0 Å². The smallest absolute Gasteiger partial charge is 0.0892 e. The average Bonchev–Trinajstić information content (AvgIpc) is 2.61. The van der Waals surface area contributed by atoms with Crippen molar-refractivity contribution in [2.45, 2.75) is 6.92 Å². The summed E-state index contributed by atoms with van der Waals surface area (Å²) in [6.07, 6.45) is 5.27. The van der Waals surface area contributed by atoms with Gasteiger partial charge in [-0.1, -0.05) is 35.9 Å². The van der Waals surface area contributed by atoms with Crippen LogP contribution in [0.4, 0.5) is 0 Å². The molecule has 3 nitrogen and oxygen atoms in total. The fraction of sp³-hybridized carbons (Fsp3) is 0.0500. The normalized spacial score (nSPS) is 10.8. The van der Waals surface area contributed by atoms with Crippen molar-refractivity contribution in [2.24, 2.45) is 0 Å². The zero-order valence-electron chi connectivity index (χ0n) is 12.8. The van der Waals surface area contributed by atoms with Crippen molar-refractivity contribution in [2.75, 3.05) is 0 Å². The number of aromatic nitrogens is 3. The maximum atomic E-state index is 4.61. The zero-order valence-corrected chi connectivity index (χ0v) is 12.8. The number of nitrogens with zero attached hydrogens (tertiary/aromatic N) is 3. The highest BCUT2D eigenvalue weighted by atomic mass is 14.8. The molecule has 0 bridgehead atoms. The van der Waals surface area contributed by atoms with Crippen LogP contribution in [0.3, 0.4) is 0 Å². The summed E-state index contributed by atoms with van der Waals surface area (Å²) >= 11 is 0. The molecule has 0 fully saturated rings. The van der Waals surface area contributed by atoms with E-state index in [9.17, 15) is 0 Å². The molecule has 0 saturated carbocycles. The summed E-state index contributed by atoms with van der Waals surface area (Å²) in [5, 5.41) is 0. The molecule has 4 rings (SSSR count). The first kappa shape index (κ1) is 13.6. The molecule has 0 aliphatic rings. The molecule has 2 aromatic carbocycles. The average molecular weight is 297 g/mol. The maximum Gasteiger partial charge on any atom is 0.0892 e. The van der Waals surface area contributed by atoms with Gasteiger partial charge in [0.1, 0.15) is 0 Å². The topological polar surface area (TPSA) is 38.7 Å². The molecule has 0 saturated heterocycles. The van der Waals surface area contributed by atoms with E-state index in [2.05, 4.69) is 64.3 Å². The Hall–Kier alpha value is -3.07. The number of hydrogen-bond donors (Lipinski definition) is 0. The first-order chi connectivity index (χ1) is 11.3. The highest BCUT2D eigenvalue weighted by Crippen LogP contribution is 2.31. The first-order valence-electron chi connectivity index (χ1n) is 7.54. The van der Waals surface area contributed by atoms with Crippen molar-refractivity contribution in [3.05, 3.63) is 78.8 Å². The molecule has 23 heavy (non-hydrogen) atoms. The molecule has 0 spiro atoms. The summed E-state index contributed by atoms with van der Waals surface area (Å²) < 4.78 is 0. The van der Waals surface area contributed by atoms with Crippen LogP contribution < -0.4 is 0 Å². The van der Waals surface area contributed by atoms with Gasteiger partial charge in [0.2, 0.25) is 0 Å². The molecule has 2 heterocycles. The molecule has 3 heteroatoms. The van der Waals surface area contributed by atoms with Gasteiger partial charge in [-0.05, 0) is 36.8 Å². The van der Waals surface area contributed by atoms with Crippen molar-refractivity contribution in [3.63, 3.8) is 0 Å². The monoisotopic (exact) mass is 297 g/mol. The van der Waals surface area contributed by atoms with Gasteiger partial charge in [0, 0.05) is 29.7 Å². The molecule has 0 radical (unpaired) electrons. The fourth-order valence-electron chi connectivity index (χ4n) is 2.79. The Kier molecular flexibility index (Phi) is 3.31. The third kappa shape index (κ3) is 2.57. The highest BCUT2D eigenvalue weighted by Gasteiger charge is 2.09. The van der Waals surface area contributed by atoms with Gasteiger partial charge in [-0.2, -0.15) is 0 Å². The van der Waals surface area contributed by atoms with Gasteiger partial charge in [-0.15, -0.1) is 0 Å². The van der Waals surface area contributed by atoms with Crippen LogP contribution in [-0.2, 0) is 0 Å². The number of pyridine rings is 1. The van der Waals surface area contributed by atoms with E-state index in [4.69, 9.17) is 0 Å². The second-order valence-corrected chi connectivity index (χ2v) is 5.53. The van der Waals surface area contributed by atoms with Crippen LogP contribution in [0.1, 0.15) is 5.56 Å². The van der Waals surface area contributed by atoms with E-state index in [0.717, 1.165) is 33.4 Å². The van der Waals surface area contributed by atoms with Crippen molar-refractivity contribution >= 4 is 11.0 Å². The second-order valence-electron chi connectivity index (χ2n) is 5.53. The van der Waals surface area contributed by atoms with Gasteiger partial charge in [0.15, 0.2) is 0 Å². The molecule has 0 aliphatic carbocycles. The number of hydrogen-bond acceptors (Lipinski definition) is 3. The zero-order chi connectivity index (χ0) is 15.6. The number of rotatable bonds is 2. The van der Waals surface area contributed by atoms with E-state index >= 15 is 0 Å². The Bertz CT molecular complexity index is 992. The van der Waals surface area contributed by atoms with Crippen LogP contribution in [0.15, 0.2) is 73.2 Å². The van der Waals surface area contributed by atoms with Gasteiger partial charge in [-0.3, -0.25) is 15.0 Å². The van der Waals surface area contributed by atoms with E-state index in [1.54, 1.807) is 12.4 Å². The largest absolute Gasteiger partial charge is 0.256 e. The van der Waals surface area contributed by atoms with E-state index in [1.165, 1.54) is 5.56 Å². The van der Waals surface area contributed by atoms with Crippen molar-refractivity contribution < 1.29 is 0 Å². The van der Waals surface area contributed by atoms with Gasteiger partial charge < -0.3 is 0 Å². The number of benzene rings is 2. The van der Waals surface area contributed by atoms with Crippen molar-refractivity contribution in [3.8, 4) is 22.4 Å². The lowest BCUT2D eigenvalue weighted by Gasteiger charge is -2.10. The van der Waals surface area contributed by atoms with E-state index in [-0.39, 0.29) is 0 Å². The predicted molar refractivity (Wildman–Crippen MR) is 92.9 cm³/mol. The fourth-order valence-corrected chi connectivity index (χ4v) is 2.79. The Morgan fingerprint density at radius 2 is 1.52 bits per heavy atom. The second kappa shape index (κ2) is 5.61. The Balaban J connectivity index is 1.91. The number of fused-ring (bicyclic) bond motifs is 1. The minimum absolute atomic E-state index is 0.893. The molecule has 2 aromatic heterocycles. The summed E-state index contributed by atoms with van der Waals surface area (Å²) in [4.78, 5) is 13.3. The molecular formula is C20H15N3. The summed E-state index contributed by atoms with van der Waals surface area (Å²) in [7, 11) is 0. The van der Waals surface area contributed by atoms with Crippen LogP contribution in [0.2, 0.25) is 0 Å². The highest BCUT2D eigenvalue weighted by molar-refractivity contribution is 5.86. The third-order valence-corrected chi connectivity index (χ3v) is 3.88. The Morgan fingerprint density at radius 1 is 0.652 bits per heavy atom. The minimum Gasteiger partial charge on any atom is -0.256 e. The molecular weight excluding hydrogens is 282 g/mol. The molecule has 4 aromatic rings. The van der Waals surface area contributed by atoms with Gasteiger partial charge in [0.05, 0.1) is 16.7 Å². The molecule has 0 unspecified atom stereocenters. The SMILES string of the molecule is Cc1cccc(-c2ncccc2-c2ccc3nccnc3c2)c1. The lowest BCUT2D eigenvalue weighted by atomic mass is 9.98. The number of aryl methyl sites for hydroxylation is 1. The molecule has 110 valence electrons.